The number of aromatic nitrogens is 4. The second kappa shape index (κ2) is 34.0. The molecule has 133 heavy (non-hydrogen) atoms. The molecule has 9 nitrogen and oxygen atoms in total. The normalized spacial score (nSPS) is 12.0. The number of nitrogens with zero attached hydrogens (tertiary/aromatic N) is 4. The van der Waals surface area contributed by atoms with Crippen LogP contribution < -0.4 is 63.7 Å². The van der Waals surface area contributed by atoms with E-state index in [1.807, 2.05) is 285 Å². The van der Waals surface area contributed by atoms with Crippen LogP contribution in [0.3, 0.4) is 0 Å². The molecule has 0 atom stereocenters. The van der Waals surface area contributed by atoms with Gasteiger partial charge in [0, 0.05) is 140 Å². The largest absolute Gasteiger partial charge is 0.456 e. The molecule has 0 spiro atoms. The van der Waals surface area contributed by atoms with Crippen LogP contribution >= 0.6 is 28.6 Å². The summed E-state index contributed by atoms with van der Waals surface area (Å²) in [6.45, 7) is 0. The summed E-state index contributed by atoms with van der Waals surface area (Å²) in [5, 5.41) is 21.1. The molecule has 0 unspecified atom stereocenters. The first-order valence-corrected chi connectivity index (χ1v) is 51.4. The van der Waals surface area contributed by atoms with E-state index >= 15 is 13.7 Å². The molecule has 0 aliphatic carbocycles. The van der Waals surface area contributed by atoms with Gasteiger partial charge in [0.05, 0.1) is 44.1 Å². The standard InChI is InChI=1S/C42H29N2OP.C42H31NO2P2.C36H24NO2P/c45-46(32-12-2-1-3-13-32,33-26-22-30(23-27-33)43-39-18-8-4-14-35(39)36-15-5-9-19-40(36)43)34-28-24-31(25-29-34)44-41-20-10-6-16-37(41)38-17-7-11-21-42(38)44;44-46(33-15-5-1-6-16-33,34-17-7-2-8-18-34)37-27-25-32(26-28-37)43-41-24-14-13-23-39(41)40-31-38(29-30-42(40)43)47(45,35-19-9-3-10-20-35)36-21-11-4-12-22-36;38-40(26-11-3-1-4-12-26,27-13-5-2-6-14-27)28-20-22-36-32(24-28)31-23-25(19-21-35(31)39-36)37-33-17-9-7-15-29(33)30-16-8-10-18-34(30)37/h1-29H;1-31H;1-24H. The molecule has 0 aliphatic rings. The molecule has 0 radical (unpaired) electrons. The van der Waals surface area contributed by atoms with Gasteiger partial charge in [-0.15, -0.1) is 0 Å². The minimum absolute atomic E-state index is 0.783. The molecule has 0 amide bonds. The molecule has 0 aliphatic heterocycles. The van der Waals surface area contributed by atoms with Gasteiger partial charge in [-0.1, -0.05) is 340 Å². The van der Waals surface area contributed by atoms with Crippen molar-refractivity contribution in [3.8, 4) is 22.7 Å². The molecule has 0 saturated heterocycles. The lowest BCUT2D eigenvalue weighted by Gasteiger charge is -2.21. The molecule has 0 bridgehead atoms. The zero-order valence-corrected chi connectivity index (χ0v) is 75.7. The van der Waals surface area contributed by atoms with E-state index in [2.05, 4.69) is 243 Å². The van der Waals surface area contributed by atoms with E-state index in [1.54, 1.807) is 0 Å². The number of para-hydroxylation sites is 7. The van der Waals surface area contributed by atoms with Gasteiger partial charge in [0.25, 0.3) is 0 Å². The summed E-state index contributed by atoms with van der Waals surface area (Å²) in [5.74, 6) is 0. The van der Waals surface area contributed by atoms with E-state index in [0.717, 1.165) is 163 Å². The first-order chi connectivity index (χ1) is 65.5. The highest BCUT2D eigenvalue weighted by Crippen LogP contribution is 2.49. The lowest BCUT2D eigenvalue weighted by atomic mass is 10.1. The van der Waals surface area contributed by atoms with Crippen molar-refractivity contribution in [2.24, 2.45) is 0 Å². The Hall–Kier alpha value is -15.7. The van der Waals surface area contributed by atoms with E-state index in [9.17, 15) is 4.57 Å². The minimum atomic E-state index is -3.18. The maximum Gasteiger partial charge on any atom is 0.171 e. The maximum atomic E-state index is 15.4. The Morgan fingerprint density at radius 2 is 0.308 bits per heavy atom. The monoisotopic (exact) mass is 1780 g/mol. The Labute approximate surface area is 769 Å². The van der Waals surface area contributed by atoms with E-state index in [0.29, 0.717) is 0 Å². The van der Waals surface area contributed by atoms with Gasteiger partial charge in [-0.2, -0.15) is 0 Å². The quantitative estimate of drug-likeness (QED) is 0.0897. The van der Waals surface area contributed by atoms with Crippen LogP contribution in [0, 0.1) is 0 Å². The smallest absolute Gasteiger partial charge is 0.171 e. The Morgan fingerprint density at radius 1 is 0.135 bits per heavy atom. The van der Waals surface area contributed by atoms with Crippen LogP contribution in [-0.2, 0) is 18.3 Å². The van der Waals surface area contributed by atoms with E-state index in [4.69, 9.17) is 4.42 Å². The average molecular weight is 1790 g/mol. The Kier molecular flexibility index (Phi) is 20.9. The third-order valence-electron chi connectivity index (χ3n) is 26.1. The van der Waals surface area contributed by atoms with Crippen LogP contribution in [0.25, 0.3) is 132 Å². The molecule has 13 heteroatoms. The highest BCUT2D eigenvalue weighted by atomic mass is 31.2. The highest BCUT2D eigenvalue weighted by Gasteiger charge is 2.36. The third kappa shape index (κ3) is 13.9. The Morgan fingerprint density at radius 3 is 0.579 bits per heavy atom. The number of benzene rings is 20. The highest BCUT2D eigenvalue weighted by molar-refractivity contribution is 7.86. The van der Waals surface area contributed by atoms with Crippen LogP contribution in [0.15, 0.2) is 514 Å². The molecular weight excluding hydrogens is 1700 g/mol. The molecule has 0 saturated carbocycles. The van der Waals surface area contributed by atoms with Crippen molar-refractivity contribution < 1.29 is 22.7 Å². The molecule has 25 rings (SSSR count). The minimum Gasteiger partial charge on any atom is -0.456 e. The van der Waals surface area contributed by atoms with Crippen LogP contribution in [0.2, 0.25) is 0 Å². The lowest BCUT2D eigenvalue weighted by molar-refractivity contribution is 0.591. The second-order valence-electron chi connectivity index (χ2n) is 33.5. The summed E-state index contributed by atoms with van der Waals surface area (Å²) in [6.07, 6.45) is 0. The third-order valence-corrected chi connectivity index (χ3v) is 38.3. The van der Waals surface area contributed by atoms with Gasteiger partial charge in [-0.3, -0.25) is 0 Å². The summed E-state index contributed by atoms with van der Waals surface area (Å²) >= 11 is 0. The van der Waals surface area contributed by atoms with Crippen LogP contribution in [-0.4, -0.2) is 18.3 Å². The van der Waals surface area contributed by atoms with Crippen LogP contribution in [0.5, 0.6) is 0 Å². The Balaban J connectivity index is 0.000000113. The summed E-state index contributed by atoms with van der Waals surface area (Å²) in [5.41, 5.74) is 14.7. The van der Waals surface area contributed by atoms with Crippen molar-refractivity contribution in [2.75, 3.05) is 0 Å². The predicted molar refractivity (Wildman–Crippen MR) is 562 cm³/mol. The van der Waals surface area contributed by atoms with Gasteiger partial charge in [0.2, 0.25) is 0 Å². The molecule has 5 aromatic heterocycles. The Bertz CT molecular complexity index is 8480. The summed E-state index contributed by atoms with van der Waals surface area (Å²) in [4.78, 5) is 0. The molecule has 0 N–H and O–H groups in total. The summed E-state index contributed by atoms with van der Waals surface area (Å²) in [6, 6.07) is 171. The van der Waals surface area contributed by atoms with E-state index < -0.39 is 28.6 Å². The number of fused-ring (bicyclic) bond motifs is 15. The molecule has 0 fully saturated rings. The fraction of sp³-hybridized carbons (Fsp3) is 0. The van der Waals surface area contributed by atoms with Crippen molar-refractivity contribution in [3.63, 3.8) is 0 Å². The van der Waals surface area contributed by atoms with Crippen LogP contribution in [0.1, 0.15) is 0 Å². The van der Waals surface area contributed by atoms with Gasteiger partial charge < -0.3 is 40.9 Å². The number of hydrogen-bond acceptors (Lipinski definition) is 5. The van der Waals surface area contributed by atoms with E-state index in [-0.39, 0.29) is 0 Å². The molecular formula is C120H84N4O5P4. The summed E-state index contributed by atoms with van der Waals surface area (Å²) in [7, 11) is -12.5. The van der Waals surface area contributed by atoms with Gasteiger partial charge >= 0.3 is 0 Å². The molecule has 634 valence electrons. The number of rotatable bonds is 16. The van der Waals surface area contributed by atoms with Gasteiger partial charge in [-0.05, 0) is 170 Å². The fourth-order valence-corrected chi connectivity index (χ4v) is 30.4. The van der Waals surface area contributed by atoms with Crippen molar-refractivity contribution in [2.45, 2.75) is 0 Å². The zero-order chi connectivity index (χ0) is 89.2. The van der Waals surface area contributed by atoms with Gasteiger partial charge in [0.15, 0.2) is 28.6 Å². The van der Waals surface area contributed by atoms with Crippen LogP contribution in [0.4, 0.5) is 0 Å². The van der Waals surface area contributed by atoms with Crippen molar-refractivity contribution in [1.29, 1.82) is 0 Å². The summed E-state index contributed by atoms with van der Waals surface area (Å²) < 4.78 is 76.1. The van der Waals surface area contributed by atoms with E-state index in [1.165, 1.54) is 32.3 Å². The molecule has 25 aromatic rings. The molecule has 5 heterocycles. The SMILES string of the molecule is O=P(c1ccccc1)(c1ccc(-n2c3ccccc3c3ccccc32)cc1)c1ccc(-n2c3ccccc3c3ccccc32)cc1.O=P(c1ccccc1)(c1ccccc1)c1ccc(-n2c3ccccc3c3cc(P(=O)(c4ccccc4)c4ccccc4)ccc32)cc1.O=P(c1ccccc1)(c1ccccc1)c1ccc2oc3ccc(-n4c5ccccc5c5ccccc54)cc3c2c1. The van der Waals surface area contributed by atoms with Crippen molar-refractivity contribution >= 4 is 201 Å². The number of hydrogen-bond donors (Lipinski definition) is 0. The lowest BCUT2D eigenvalue weighted by Crippen LogP contribution is -2.25. The van der Waals surface area contributed by atoms with Crippen molar-refractivity contribution in [1.82, 2.24) is 18.3 Å². The topological polar surface area (TPSA) is 101 Å². The zero-order valence-electron chi connectivity index (χ0n) is 72.1. The maximum absolute atomic E-state index is 15.4. The first kappa shape index (κ1) is 81.8. The number of furan rings is 1. The molecule has 20 aromatic carbocycles. The average Bonchev–Trinajstić information content (AvgIpc) is 1.88. The van der Waals surface area contributed by atoms with Crippen molar-refractivity contribution in [3.05, 3.63) is 510 Å². The second-order valence-corrected chi connectivity index (χ2v) is 44.5. The first-order valence-electron chi connectivity index (χ1n) is 44.6. The fourth-order valence-electron chi connectivity index (χ4n) is 19.8. The van der Waals surface area contributed by atoms with Gasteiger partial charge in [0.1, 0.15) is 11.2 Å². The van der Waals surface area contributed by atoms with Gasteiger partial charge in [-0.25, -0.2) is 0 Å². The predicted octanol–water partition coefficient (Wildman–Crippen LogP) is 25.9.